The number of carboxylic acids is 1. The van der Waals surface area contributed by atoms with Gasteiger partial charge in [-0.25, -0.2) is 0 Å². The van der Waals surface area contributed by atoms with Crippen molar-refractivity contribution in [1.29, 1.82) is 0 Å². The molecule has 1 aliphatic rings. The van der Waals surface area contributed by atoms with Gasteiger partial charge < -0.3 is 14.6 Å². The molecule has 1 aromatic carbocycles. The molecule has 1 atom stereocenters. The van der Waals surface area contributed by atoms with Crippen LogP contribution >= 0.6 is 11.6 Å². The summed E-state index contributed by atoms with van der Waals surface area (Å²) < 4.78 is 10.7. The number of morpholine rings is 1. The van der Waals surface area contributed by atoms with Gasteiger partial charge >= 0.3 is 5.97 Å². The number of benzene rings is 1. The smallest absolute Gasteiger partial charge is 0.305 e. The predicted octanol–water partition coefficient (Wildman–Crippen LogP) is 2.02. The van der Waals surface area contributed by atoms with Crippen molar-refractivity contribution in [3.63, 3.8) is 0 Å². The first-order chi connectivity index (χ1) is 9.60. The van der Waals surface area contributed by atoms with Crippen LogP contribution in [0.2, 0.25) is 5.02 Å². The lowest BCUT2D eigenvalue weighted by Gasteiger charge is -2.35. The Labute approximate surface area is 123 Å². The lowest BCUT2D eigenvalue weighted by atomic mass is 10.1. The highest BCUT2D eigenvalue weighted by molar-refractivity contribution is 6.30. The summed E-state index contributed by atoms with van der Waals surface area (Å²) >= 11 is 6.02. The lowest BCUT2D eigenvalue weighted by Crippen LogP contribution is -2.45. The summed E-state index contributed by atoms with van der Waals surface area (Å²) in [6, 6.07) is 5.33. The second kappa shape index (κ2) is 6.92. The normalized spacial score (nSPS) is 19.8. The third kappa shape index (κ3) is 3.85. The second-order valence-electron chi connectivity index (χ2n) is 4.75. The first-order valence-electron chi connectivity index (χ1n) is 6.46. The van der Waals surface area contributed by atoms with E-state index in [1.165, 1.54) is 0 Å². The Bertz CT molecular complexity index is 480. The van der Waals surface area contributed by atoms with E-state index in [-0.39, 0.29) is 12.5 Å². The summed E-state index contributed by atoms with van der Waals surface area (Å²) in [5.41, 5.74) is 0.956. The number of carbonyl (C=O) groups is 1. The van der Waals surface area contributed by atoms with E-state index in [2.05, 4.69) is 4.90 Å². The number of methoxy groups -OCH3 is 1. The van der Waals surface area contributed by atoms with Crippen molar-refractivity contribution in [3.05, 3.63) is 28.8 Å². The summed E-state index contributed by atoms with van der Waals surface area (Å²) in [6.07, 6.45) is 0.0723. The van der Waals surface area contributed by atoms with Gasteiger partial charge in [-0.1, -0.05) is 11.6 Å². The molecule has 1 aliphatic heterocycles. The van der Waals surface area contributed by atoms with Crippen LogP contribution in [0.5, 0.6) is 5.75 Å². The van der Waals surface area contributed by atoms with Crippen molar-refractivity contribution in [3.8, 4) is 5.75 Å². The standard InChI is InChI=1S/C14H18ClNO4/c1-19-13-3-2-11(15)6-10(13)8-16-4-5-20-9-12(16)7-14(17)18/h2-3,6,12H,4-5,7-9H2,1H3,(H,17,18). The van der Waals surface area contributed by atoms with E-state index in [0.29, 0.717) is 31.3 Å². The first-order valence-corrected chi connectivity index (χ1v) is 6.84. The van der Waals surface area contributed by atoms with Gasteiger partial charge in [0.15, 0.2) is 0 Å². The molecule has 2 rings (SSSR count). The van der Waals surface area contributed by atoms with Crippen molar-refractivity contribution >= 4 is 17.6 Å². The summed E-state index contributed by atoms with van der Waals surface area (Å²) in [4.78, 5) is 13.0. The maximum absolute atomic E-state index is 10.9. The van der Waals surface area contributed by atoms with E-state index in [0.717, 1.165) is 11.3 Å². The van der Waals surface area contributed by atoms with Gasteiger partial charge in [-0.3, -0.25) is 9.69 Å². The van der Waals surface area contributed by atoms with Gasteiger partial charge in [0.05, 0.1) is 26.7 Å². The van der Waals surface area contributed by atoms with Crippen LogP contribution in [0.25, 0.3) is 0 Å². The zero-order valence-corrected chi connectivity index (χ0v) is 12.1. The van der Waals surface area contributed by atoms with Gasteiger partial charge in [0.25, 0.3) is 0 Å². The number of hydrogen-bond donors (Lipinski definition) is 1. The van der Waals surface area contributed by atoms with Crippen molar-refractivity contribution < 1.29 is 19.4 Å². The molecular weight excluding hydrogens is 282 g/mol. The maximum atomic E-state index is 10.9. The molecular formula is C14H18ClNO4. The molecule has 1 saturated heterocycles. The van der Waals surface area contributed by atoms with Gasteiger partial charge in [0.2, 0.25) is 0 Å². The number of halogens is 1. The van der Waals surface area contributed by atoms with Gasteiger partial charge in [-0.05, 0) is 18.2 Å². The molecule has 0 amide bonds. The van der Waals surface area contributed by atoms with Gasteiger partial charge in [-0.2, -0.15) is 0 Å². The molecule has 0 aromatic heterocycles. The SMILES string of the molecule is COc1ccc(Cl)cc1CN1CCOCC1CC(=O)O. The molecule has 1 fully saturated rings. The zero-order chi connectivity index (χ0) is 14.5. The summed E-state index contributed by atoms with van der Waals surface area (Å²) in [7, 11) is 1.61. The molecule has 110 valence electrons. The summed E-state index contributed by atoms with van der Waals surface area (Å²) in [6.45, 7) is 2.35. The summed E-state index contributed by atoms with van der Waals surface area (Å²) in [5.74, 6) is -0.0569. The Balaban J connectivity index is 2.13. The third-order valence-corrected chi connectivity index (χ3v) is 3.61. The van der Waals surface area contributed by atoms with Crippen LogP contribution < -0.4 is 4.74 Å². The Morgan fingerprint density at radius 2 is 2.40 bits per heavy atom. The minimum Gasteiger partial charge on any atom is -0.496 e. The molecule has 0 spiro atoms. The van der Waals surface area contributed by atoms with Crippen LogP contribution in [0.1, 0.15) is 12.0 Å². The van der Waals surface area contributed by atoms with Crippen LogP contribution in [0.4, 0.5) is 0 Å². The number of aliphatic carboxylic acids is 1. The molecule has 1 unspecified atom stereocenters. The lowest BCUT2D eigenvalue weighted by molar-refractivity contribution is -0.140. The van der Waals surface area contributed by atoms with E-state index in [1.54, 1.807) is 13.2 Å². The zero-order valence-electron chi connectivity index (χ0n) is 11.3. The first kappa shape index (κ1) is 15.1. The van der Waals surface area contributed by atoms with Crippen LogP contribution in [0, 0.1) is 0 Å². The molecule has 6 heteroatoms. The maximum Gasteiger partial charge on any atom is 0.305 e. The van der Waals surface area contributed by atoms with Crippen molar-refractivity contribution in [1.82, 2.24) is 4.90 Å². The number of nitrogens with zero attached hydrogens (tertiary/aromatic N) is 1. The minimum atomic E-state index is -0.816. The van der Waals surface area contributed by atoms with E-state index in [1.807, 2.05) is 12.1 Å². The van der Waals surface area contributed by atoms with Crippen LogP contribution in [0.3, 0.4) is 0 Å². The molecule has 5 nitrogen and oxygen atoms in total. The fraction of sp³-hybridized carbons (Fsp3) is 0.500. The Hall–Kier alpha value is -1.30. The largest absolute Gasteiger partial charge is 0.496 e. The summed E-state index contributed by atoms with van der Waals surface area (Å²) in [5, 5.41) is 9.61. The molecule has 0 bridgehead atoms. The van der Waals surface area contributed by atoms with E-state index >= 15 is 0 Å². The van der Waals surface area contributed by atoms with E-state index in [4.69, 9.17) is 26.2 Å². The van der Waals surface area contributed by atoms with Crippen LogP contribution in [-0.2, 0) is 16.1 Å². The van der Waals surface area contributed by atoms with Crippen molar-refractivity contribution in [2.45, 2.75) is 19.0 Å². The second-order valence-corrected chi connectivity index (χ2v) is 5.19. The fourth-order valence-corrected chi connectivity index (χ4v) is 2.57. The quantitative estimate of drug-likeness (QED) is 0.901. The van der Waals surface area contributed by atoms with Gasteiger partial charge in [0.1, 0.15) is 5.75 Å². The van der Waals surface area contributed by atoms with Crippen LogP contribution in [-0.4, -0.2) is 48.9 Å². The molecule has 20 heavy (non-hydrogen) atoms. The highest BCUT2D eigenvalue weighted by atomic mass is 35.5. The highest BCUT2D eigenvalue weighted by Crippen LogP contribution is 2.25. The molecule has 1 N–H and O–H groups in total. The van der Waals surface area contributed by atoms with Crippen LogP contribution in [0.15, 0.2) is 18.2 Å². The highest BCUT2D eigenvalue weighted by Gasteiger charge is 2.26. The molecule has 1 aromatic rings. The number of carboxylic acid groups (broad SMARTS) is 1. The van der Waals surface area contributed by atoms with E-state index < -0.39 is 5.97 Å². The number of rotatable bonds is 5. The topological polar surface area (TPSA) is 59.0 Å². The van der Waals surface area contributed by atoms with E-state index in [9.17, 15) is 4.79 Å². The van der Waals surface area contributed by atoms with Crippen molar-refractivity contribution in [2.75, 3.05) is 26.9 Å². The fourth-order valence-electron chi connectivity index (χ4n) is 2.38. The predicted molar refractivity (Wildman–Crippen MR) is 75.3 cm³/mol. The third-order valence-electron chi connectivity index (χ3n) is 3.38. The van der Waals surface area contributed by atoms with Gasteiger partial charge in [0, 0.05) is 29.7 Å². The average molecular weight is 300 g/mol. The average Bonchev–Trinajstić information content (AvgIpc) is 2.41. The minimum absolute atomic E-state index is 0.0723. The Morgan fingerprint density at radius 3 is 3.10 bits per heavy atom. The molecule has 0 aliphatic carbocycles. The molecule has 0 saturated carbocycles. The Morgan fingerprint density at radius 1 is 1.60 bits per heavy atom. The van der Waals surface area contributed by atoms with Crippen molar-refractivity contribution in [2.24, 2.45) is 0 Å². The number of ether oxygens (including phenoxy) is 2. The molecule has 0 radical (unpaired) electrons. The monoisotopic (exact) mass is 299 g/mol. The number of hydrogen-bond acceptors (Lipinski definition) is 4. The Kier molecular flexibility index (Phi) is 5.23. The molecule has 1 heterocycles. The van der Waals surface area contributed by atoms with Gasteiger partial charge in [-0.15, -0.1) is 0 Å².